The molecule has 0 unspecified atom stereocenters. The molecule has 2 aromatic rings. The highest BCUT2D eigenvalue weighted by Gasteiger charge is 2.42. The van der Waals surface area contributed by atoms with Crippen LogP contribution in [0.25, 0.3) is 0 Å². The first kappa shape index (κ1) is 20.3. The van der Waals surface area contributed by atoms with E-state index in [2.05, 4.69) is 5.48 Å². The Bertz CT molecular complexity index is 671. The molecule has 26 heavy (non-hydrogen) atoms. The van der Waals surface area contributed by atoms with Crippen LogP contribution in [0.4, 0.5) is 0 Å². The van der Waals surface area contributed by atoms with Gasteiger partial charge in [-0.2, -0.15) is 0 Å². The molecule has 142 valence electrons. The van der Waals surface area contributed by atoms with Crippen LogP contribution in [-0.4, -0.2) is 35.5 Å². The first-order valence-corrected chi connectivity index (χ1v) is 7.96. The summed E-state index contributed by atoms with van der Waals surface area (Å²) in [5, 5.41) is 0. The van der Waals surface area contributed by atoms with Crippen molar-refractivity contribution in [2.45, 2.75) is 11.9 Å². The molecule has 0 saturated carbocycles. The number of hydrogen-bond acceptors (Lipinski definition) is 7. The monoisotopic (exact) mass is 363 g/mol. The normalized spacial score (nSPS) is 12.2. The topological polar surface area (TPSA) is 67.4 Å². The standard InChI is InChI=1S/C19H25NO6/c1-21-17-14-10-9-13-16(17)18(22-2,23-3)20-26-19(24-4,25-5)15-11-7-6-8-12-15/h6-14,20H,1-5H3. The van der Waals surface area contributed by atoms with Gasteiger partial charge >= 0.3 is 5.97 Å². The van der Waals surface area contributed by atoms with Gasteiger partial charge in [-0.3, -0.25) is 0 Å². The maximum Gasteiger partial charge on any atom is 0.327 e. The third kappa shape index (κ3) is 3.88. The molecule has 0 bridgehead atoms. The molecule has 0 spiro atoms. The molecular formula is C19H25NO6. The number of ether oxygens (including phenoxy) is 5. The zero-order chi connectivity index (χ0) is 19.0. The van der Waals surface area contributed by atoms with Gasteiger partial charge in [0.25, 0.3) is 5.91 Å². The third-order valence-corrected chi connectivity index (χ3v) is 4.02. The first-order valence-electron chi connectivity index (χ1n) is 7.96. The van der Waals surface area contributed by atoms with Crippen molar-refractivity contribution in [3.8, 4) is 5.75 Å². The highest BCUT2D eigenvalue weighted by Crippen LogP contribution is 2.34. The zero-order valence-corrected chi connectivity index (χ0v) is 15.6. The summed E-state index contributed by atoms with van der Waals surface area (Å²) in [5.41, 5.74) is 4.03. The molecule has 0 aliphatic rings. The molecule has 0 radical (unpaired) electrons. The summed E-state index contributed by atoms with van der Waals surface area (Å²) in [6, 6.07) is 16.5. The summed E-state index contributed by atoms with van der Waals surface area (Å²) in [7, 11) is 7.48. The summed E-state index contributed by atoms with van der Waals surface area (Å²) in [4.78, 5) is 5.82. The molecule has 0 fully saturated rings. The average Bonchev–Trinajstić information content (AvgIpc) is 2.73. The zero-order valence-electron chi connectivity index (χ0n) is 15.6. The van der Waals surface area contributed by atoms with E-state index in [0.29, 0.717) is 16.9 Å². The Labute approximate surface area is 153 Å². The predicted molar refractivity (Wildman–Crippen MR) is 95.0 cm³/mol. The minimum Gasteiger partial charge on any atom is -0.496 e. The second kappa shape index (κ2) is 9.09. The fourth-order valence-electron chi connectivity index (χ4n) is 2.60. The molecular weight excluding hydrogens is 338 g/mol. The number of hydroxylamine groups is 1. The second-order valence-electron chi connectivity index (χ2n) is 5.26. The van der Waals surface area contributed by atoms with E-state index in [9.17, 15) is 0 Å². The van der Waals surface area contributed by atoms with Crippen molar-refractivity contribution in [1.29, 1.82) is 0 Å². The maximum atomic E-state index is 5.82. The van der Waals surface area contributed by atoms with Gasteiger partial charge in [0.1, 0.15) is 5.75 Å². The van der Waals surface area contributed by atoms with Crippen LogP contribution in [0.1, 0.15) is 11.1 Å². The number of methoxy groups -OCH3 is 5. The van der Waals surface area contributed by atoms with Gasteiger partial charge in [-0.1, -0.05) is 42.5 Å². The minimum absolute atomic E-state index is 0.562. The summed E-state index contributed by atoms with van der Waals surface area (Å²) in [5.74, 6) is -2.40. The Morgan fingerprint density at radius 1 is 0.692 bits per heavy atom. The summed E-state index contributed by atoms with van der Waals surface area (Å²) in [6.07, 6.45) is 0. The van der Waals surface area contributed by atoms with Crippen molar-refractivity contribution in [2.75, 3.05) is 35.5 Å². The molecule has 0 aliphatic carbocycles. The lowest BCUT2D eigenvalue weighted by atomic mass is 10.1. The van der Waals surface area contributed by atoms with Crippen molar-refractivity contribution in [3.63, 3.8) is 0 Å². The van der Waals surface area contributed by atoms with Crippen molar-refractivity contribution < 1.29 is 28.5 Å². The fourth-order valence-corrected chi connectivity index (χ4v) is 2.60. The van der Waals surface area contributed by atoms with Crippen molar-refractivity contribution in [2.24, 2.45) is 0 Å². The van der Waals surface area contributed by atoms with Crippen LogP contribution in [-0.2, 0) is 35.7 Å². The quantitative estimate of drug-likeness (QED) is 0.514. The van der Waals surface area contributed by atoms with Crippen LogP contribution in [0.3, 0.4) is 0 Å². The van der Waals surface area contributed by atoms with E-state index in [1.54, 1.807) is 19.2 Å². The van der Waals surface area contributed by atoms with Gasteiger partial charge < -0.3 is 23.7 Å². The molecule has 0 atom stereocenters. The maximum absolute atomic E-state index is 5.82. The Balaban J connectivity index is 2.37. The third-order valence-electron chi connectivity index (χ3n) is 4.02. The minimum atomic E-state index is -1.51. The fraction of sp³-hybridized carbons (Fsp3) is 0.368. The van der Waals surface area contributed by atoms with E-state index in [1.807, 2.05) is 42.5 Å². The van der Waals surface area contributed by atoms with E-state index in [0.717, 1.165) is 0 Å². The van der Waals surface area contributed by atoms with Gasteiger partial charge in [-0.25, -0.2) is 4.84 Å². The molecule has 0 aliphatic heterocycles. The van der Waals surface area contributed by atoms with E-state index < -0.39 is 11.9 Å². The largest absolute Gasteiger partial charge is 0.496 e. The first-order chi connectivity index (χ1) is 12.6. The molecule has 7 heteroatoms. The van der Waals surface area contributed by atoms with E-state index >= 15 is 0 Å². The van der Waals surface area contributed by atoms with E-state index in [4.69, 9.17) is 28.5 Å². The van der Waals surface area contributed by atoms with Crippen LogP contribution in [0, 0.1) is 0 Å². The lowest BCUT2D eigenvalue weighted by Crippen LogP contribution is -2.51. The van der Waals surface area contributed by atoms with Gasteiger partial charge in [-0.15, -0.1) is 5.48 Å². The molecule has 0 saturated heterocycles. The molecule has 2 aromatic carbocycles. The van der Waals surface area contributed by atoms with Crippen LogP contribution in [0.15, 0.2) is 54.6 Å². The second-order valence-corrected chi connectivity index (χ2v) is 5.26. The lowest BCUT2D eigenvalue weighted by Gasteiger charge is -2.37. The summed E-state index contributed by atoms with van der Waals surface area (Å²) >= 11 is 0. The van der Waals surface area contributed by atoms with Crippen molar-refractivity contribution >= 4 is 0 Å². The smallest absolute Gasteiger partial charge is 0.327 e. The molecule has 0 amide bonds. The van der Waals surface area contributed by atoms with Gasteiger partial charge in [0.2, 0.25) is 0 Å². The van der Waals surface area contributed by atoms with Crippen molar-refractivity contribution in [3.05, 3.63) is 65.7 Å². The van der Waals surface area contributed by atoms with Crippen LogP contribution < -0.4 is 10.2 Å². The Morgan fingerprint density at radius 3 is 1.81 bits per heavy atom. The van der Waals surface area contributed by atoms with Crippen LogP contribution in [0.5, 0.6) is 5.75 Å². The average molecular weight is 363 g/mol. The molecule has 0 aromatic heterocycles. The highest BCUT2D eigenvalue weighted by molar-refractivity contribution is 5.36. The Morgan fingerprint density at radius 2 is 1.27 bits per heavy atom. The number of benzene rings is 2. The Kier molecular flexibility index (Phi) is 7.10. The lowest BCUT2D eigenvalue weighted by molar-refractivity contribution is -0.436. The van der Waals surface area contributed by atoms with E-state index in [1.165, 1.54) is 28.4 Å². The van der Waals surface area contributed by atoms with E-state index in [-0.39, 0.29) is 0 Å². The van der Waals surface area contributed by atoms with Crippen LogP contribution in [0.2, 0.25) is 0 Å². The number of para-hydroxylation sites is 1. The molecule has 7 nitrogen and oxygen atoms in total. The number of rotatable bonds is 10. The van der Waals surface area contributed by atoms with Gasteiger partial charge in [0, 0.05) is 34.0 Å². The highest BCUT2D eigenvalue weighted by atomic mass is 16.9. The summed E-state index contributed by atoms with van der Waals surface area (Å²) in [6.45, 7) is 0. The number of hydrogen-bond donors (Lipinski definition) is 1. The predicted octanol–water partition coefficient (Wildman–Crippen LogP) is 2.72. The van der Waals surface area contributed by atoms with Gasteiger partial charge in [0.05, 0.1) is 12.7 Å². The van der Waals surface area contributed by atoms with Crippen LogP contribution >= 0.6 is 0 Å². The molecule has 0 heterocycles. The SMILES string of the molecule is COc1ccccc1C(NOC(OC)(OC)c1ccccc1)(OC)OC. The molecule has 2 rings (SSSR count). The number of nitrogens with one attached hydrogen (secondary N) is 1. The summed E-state index contributed by atoms with van der Waals surface area (Å²) < 4.78 is 27.6. The Hall–Kier alpha value is -2.00. The van der Waals surface area contributed by atoms with Gasteiger partial charge in [0.15, 0.2) is 0 Å². The van der Waals surface area contributed by atoms with Crippen molar-refractivity contribution in [1.82, 2.24) is 5.48 Å². The van der Waals surface area contributed by atoms with Gasteiger partial charge in [-0.05, 0) is 12.1 Å². The molecule has 1 N–H and O–H groups in total.